The van der Waals surface area contributed by atoms with Gasteiger partial charge in [-0.15, -0.1) is 0 Å². The molecule has 0 aromatic rings. The van der Waals surface area contributed by atoms with Crippen LogP contribution >= 0.6 is 0 Å². The molecule has 0 spiro atoms. The van der Waals surface area contributed by atoms with Crippen LogP contribution in [0.4, 0.5) is 0 Å². The highest BCUT2D eigenvalue weighted by Gasteiger charge is 2.43. The Labute approximate surface area is 150 Å². The number of rotatable bonds is 5. The molecule has 3 atom stereocenters. The Morgan fingerprint density at radius 3 is 2.60 bits per heavy atom. The van der Waals surface area contributed by atoms with E-state index in [2.05, 4.69) is 11.8 Å². The predicted octanol–water partition coefficient (Wildman–Crippen LogP) is 0.814. The number of hydrogen-bond donors (Lipinski definition) is 0. The lowest BCUT2D eigenvalue weighted by atomic mass is 9.99. The van der Waals surface area contributed by atoms with Gasteiger partial charge in [0.25, 0.3) is 0 Å². The lowest BCUT2D eigenvalue weighted by Crippen LogP contribution is -2.47. The first-order chi connectivity index (χ1) is 12.2. The van der Waals surface area contributed by atoms with E-state index in [9.17, 15) is 9.59 Å². The van der Waals surface area contributed by atoms with Crippen LogP contribution in [0.3, 0.4) is 0 Å². The average Bonchev–Trinajstić information content (AvgIpc) is 3.22. The van der Waals surface area contributed by atoms with E-state index < -0.39 is 0 Å². The van der Waals surface area contributed by atoms with Crippen LogP contribution in [0.5, 0.6) is 0 Å². The minimum absolute atomic E-state index is 0.118. The fourth-order valence-electron chi connectivity index (χ4n) is 4.74. The molecule has 4 aliphatic rings. The molecule has 0 unspecified atom stereocenters. The van der Waals surface area contributed by atoms with Gasteiger partial charge in [0.15, 0.2) is 0 Å². The third-order valence-corrected chi connectivity index (χ3v) is 6.50. The molecular weight excluding hydrogens is 318 g/mol. The zero-order valence-corrected chi connectivity index (χ0v) is 15.4. The van der Waals surface area contributed by atoms with Gasteiger partial charge in [-0.2, -0.15) is 0 Å². The summed E-state index contributed by atoms with van der Waals surface area (Å²) >= 11 is 0. The number of carbonyl (C=O) groups is 2. The highest BCUT2D eigenvalue weighted by Crippen LogP contribution is 2.33. The summed E-state index contributed by atoms with van der Waals surface area (Å²) in [4.78, 5) is 31.8. The van der Waals surface area contributed by atoms with Crippen LogP contribution in [-0.2, 0) is 14.3 Å². The smallest absolute Gasteiger partial charge is 0.228 e. The monoisotopic (exact) mass is 349 g/mol. The molecule has 1 aliphatic carbocycles. The van der Waals surface area contributed by atoms with Crippen molar-refractivity contribution in [3.05, 3.63) is 0 Å². The SMILES string of the molecule is CC[C@@H]1CN(C(=O)[C@H]2CC(=O)N(CC3CC3)C2)C[C@@H]1N1CCOCC1. The summed E-state index contributed by atoms with van der Waals surface area (Å²) in [6.07, 6.45) is 4.01. The van der Waals surface area contributed by atoms with Crippen molar-refractivity contribution in [2.24, 2.45) is 17.8 Å². The lowest BCUT2D eigenvalue weighted by Gasteiger charge is -2.34. The van der Waals surface area contributed by atoms with Crippen molar-refractivity contribution in [3.8, 4) is 0 Å². The van der Waals surface area contributed by atoms with Gasteiger partial charge in [-0.3, -0.25) is 14.5 Å². The first kappa shape index (κ1) is 17.3. The average molecular weight is 349 g/mol. The van der Waals surface area contributed by atoms with E-state index in [-0.39, 0.29) is 17.7 Å². The van der Waals surface area contributed by atoms with Crippen molar-refractivity contribution < 1.29 is 14.3 Å². The Morgan fingerprint density at radius 2 is 1.92 bits per heavy atom. The minimum atomic E-state index is -0.118. The zero-order valence-electron chi connectivity index (χ0n) is 15.4. The number of amides is 2. The molecular formula is C19H31N3O3. The normalized spacial score (nSPS) is 34.1. The first-order valence-corrected chi connectivity index (χ1v) is 10.0. The largest absolute Gasteiger partial charge is 0.379 e. The van der Waals surface area contributed by atoms with Crippen LogP contribution in [0.25, 0.3) is 0 Å². The van der Waals surface area contributed by atoms with E-state index in [1.807, 2.05) is 9.80 Å². The molecule has 0 N–H and O–H groups in total. The number of nitrogens with zero attached hydrogens (tertiary/aromatic N) is 3. The third-order valence-electron chi connectivity index (χ3n) is 6.50. The van der Waals surface area contributed by atoms with Crippen LogP contribution in [-0.4, -0.2) is 85.0 Å². The maximum Gasteiger partial charge on any atom is 0.228 e. The quantitative estimate of drug-likeness (QED) is 0.737. The highest BCUT2D eigenvalue weighted by molar-refractivity contribution is 5.89. The fraction of sp³-hybridized carbons (Fsp3) is 0.895. The van der Waals surface area contributed by atoms with Crippen molar-refractivity contribution in [1.82, 2.24) is 14.7 Å². The molecule has 3 aliphatic heterocycles. The topological polar surface area (TPSA) is 53.1 Å². The van der Waals surface area contributed by atoms with Crippen molar-refractivity contribution >= 4 is 11.8 Å². The number of ether oxygens (including phenoxy) is 1. The van der Waals surface area contributed by atoms with Crippen molar-refractivity contribution in [2.75, 3.05) is 52.5 Å². The molecule has 4 rings (SSSR count). The van der Waals surface area contributed by atoms with Gasteiger partial charge in [-0.25, -0.2) is 0 Å². The Kier molecular flexibility index (Phi) is 5.00. The summed E-state index contributed by atoms with van der Waals surface area (Å²) in [6, 6.07) is 0.456. The molecule has 3 saturated heterocycles. The molecule has 0 bridgehead atoms. The second kappa shape index (κ2) is 7.23. The van der Waals surface area contributed by atoms with Crippen LogP contribution in [0.15, 0.2) is 0 Å². The molecule has 6 heteroatoms. The van der Waals surface area contributed by atoms with Crippen molar-refractivity contribution in [2.45, 2.75) is 38.6 Å². The van der Waals surface area contributed by atoms with E-state index in [0.29, 0.717) is 30.8 Å². The number of morpholine rings is 1. The maximum absolute atomic E-state index is 13.0. The second-order valence-electron chi connectivity index (χ2n) is 8.27. The highest BCUT2D eigenvalue weighted by atomic mass is 16.5. The molecule has 25 heavy (non-hydrogen) atoms. The van der Waals surface area contributed by atoms with Crippen LogP contribution in [0.1, 0.15) is 32.6 Å². The molecule has 0 aromatic carbocycles. The van der Waals surface area contributed by atoms with Gasteiger partial charge in [0, 0.05) is 51.7 Å². The number of carbonyl (C=O) groups excluding carboxylic acids is 2. The molecule has 0 radical (unpaired) electrons. The molecule has 4 fully saturated rings. The fourth-order valence-corrected chi connectivity index (χ4v) is 4.74. The predicted molar refractivity (Wildman–Crippen MR) is 94.0 cm³/mol. The summed E-state index contributed by atoms with van der Waals surface area (Å²) in [7, 11) is 0. The van der Waals surface area contributed by atoms with Gasteiger partial charge >= 0.3 is 0 Å². The molecule has 1 saturated carbocycles. The van der Waals surface area contributed by atoms with E-state index >= 15 is 0 Å². The molecule has 3 heterocycles. The summed E-state index contributed by atoms with van der Waals surface area (Å²) in [6.45, 7) is 8.96. The van der Waals surface area contributed by atoms with E-state index in [1.54, 1.807) is 0 Å². The van der Waals surface area contributed by atoms with Gasteiger partial charge in [-0.05, 0) is 24.7 Å². The first-order valence-electron chi connectivity index (χ1n) is 10.0. The summed E-state index contributed by atoms with van der Waals surface area (Å²) in [5.41, 5.74) is 0. The van der Waals surface area contributed by atoms with Gasteiger partial charge in [0.2, 0.25) is 11.8 Å². The summed E-state index contributed by atoms with van der Waals surface area (Å²) in [5.74, 6) is 1.51. The van der Waals surface area contributed by atoms with Gasteiger partial charge in [0.1, 0.15) is 0 Å². The van der Waals surface area contributed by atoms with Gasteiger partial charge in [0.05, 0.1) is 19.1 Å². The third kappa shape index (κ3) is 3.70. The van der Waals surface area contributed by atoms with Crippen LogP contribution < -0.4 is 0 Å². The molecule has 6 nitrogen and oxygen atoms in total. The molecule has 0 aromatic heterocycles. The van der Waals surface area contributed by atoms with Gasteiger partial charge in [-0.1, -0.05) is 13.3 Å². The Balaban J connectivity index is 1.36. The van der Waals surface area contributed by atoms with Crippen molar-refractivity contribution in [3.63, 3.8) is 0 Å². The molecule has 140 valence electrons. The van der Waals surface area contributed by atoms with E-state index in [0.717, 1.165) is 52.4 Å². The van der Waals surface area contributed by atoms with Gasteiger partial charge < -0.3 is 14.5 Å². The van der Waals surface area contributed by atoms with Crippen molar-refractivity contribution in [1.29, 1.82) is 0 Å². The zero-order chi connectivity index (χ0) is 17.4. The number of likely N-dealkylation sites (tertiary alicyclic amines) is 2. The molecule has 2 amide bonds. The second-order valence-corrected chi connectivity index (χ2v) is 8.27. The Hall–Kier alpha value is -1.14. The van der Waals surface area contributed by atoms with E-state index in [1.165, 1.54) is 12.8 Å². The lowest BCUT2D eigenvalue weighted by molar-refractivity contribution is -0.135. The summed E-state index contributed by atoms with van der Waals surface area (Å²) in [5, 5.41) is 0. The van der Waals surface area contributed by atoms with Crippen LogP contribution in [0.2, 0.25) is 0 Å². The Morgan fingerprint density at radius 1 is 1.16 bits per heavy atom. The van der Waals surface area contributed by atoms with Crippen LogP contribution in [0, 0.1) is 17.8 Å². The standard InChI is InChI=1S/C19H31N3O3/c1-2-15-11-22(13-17(15)20-5-7-25-8-6-20)19(24)16-9-18(23)21(12-16)10-14-3-4-14/h14-17H,2-13H2,1H3/t15-,16+,17+/m1/s1. The Bertz CT molecular complexity index is 516. The minimum Gasteiger partial charge on any atom is -0.379 e. The number of hydrogen-bond acceptors (Lipinski definition) is 4. The maximum atomic E-state index is 13.0. The van der Waals surface area contributed by atoms with E-state index in [4.69, 9.17) is 4.74 Å². The summed E-state index contributed by atoms with van der Waals surface area (Å²) < 4.78 is 5.48.